The Morgan fingerprint density at radius 3 is 2.71 bits per heavy atom. The van der Waals surface area contributed by atoms with E-state index in [1.165, 1.54) is 24.8 Å². The van der Waals surface area contributed by atoms with Gasteiger partial charge in [0.05, 0.1) is 0 Å². The minimum absolute atomic E-state index is 0.392. The highest BCUT2D eigenvalue weighted by Crippen LogP contribution is 2.39. The van der Waals surface area contributed by atoms with Crippen molar-refractivity contribution in [1.29, 1.82) is 0 Å². The maximum absolute atomic E-state index is 6.27. The van der Waals surface area contributed by atoms with Gasteiger partial charge in [0.15, 0.2) is 0 Å². The Morgan fingerprint density at radius 2 is 2.05 bits per heavy atom. The van der Waals surface area contributed by atoms with Crippen LogP contribution in [0.2, 0.25) is 5.02 Å². The smallest absolute Gasteiger partial charge is 0.0451 e. The van der Waals surface area contributed by atoms with Gasteiger partial charge in [-0.1, -0.05) is 50.1 Å². The third-order valence-corrected chi connectivity index (χ3v) is 5.33. The summed E-state index contributed by atoms with van der Waals surface area (Å²) >= 11 is 6.27. The van der Waals surface area contributed by atoms with Crippen LogP contribution < -0.4 is 5.32 Å². The van der Waals surface area contributed by atoms with E-state index in [0.29, 0.717) is 17.4 Å². The van der Waals surface area contributed by atoms with Crippen LogP contribution in [0.4, 0.5) is 0 Å². The molecule has 0 radical (unpaired) electrons. The van der Waals surface area contributed by atoms with E-state index in [9.17, 15) is 0 Å². The normalized spacial score (nSPS) is 25.2. The van der Waals surface area contributed by atoms with Gasteiger partial charge in [-0.3, -0.25) is 0 Å². The lowest BCUT2D eigenvalue weighted by atomic mass is 9.68. The molecule has 2 rings (SSSR count). The SMILES string of the molecule is CNC1C(CN(C)Cc2ccccc2Cl)CCCC1(C)C. The Kier molecular flexibility index (Phi) is 5.70. The fourth-order valence-electron chi connectivity index (χ4n) is 3.99. The van der Waals surface area contributed by atoms with Crippen molar-refractivity contribution in [2.75, 3.05) is 20.6 Å². The molecule has 1 aliphatic rings. The molecule has 1 saturated carbocycles. The molecule has 0 heterocycles. The van der Waals surface area contributed by atoms with Gasteiger partial charge >= 0.3 is 0 Å². The average Bonchev–Trinajstić information content (AvgIpc) is 2.40. The molecule has 0 aromatic heterocycles. The highest BCUT2D eigenvalue weighted by atomic mass is 35.5. The quantitative estimate of drug-likeness (QED) is 0.877. The van der Waals surface area contributed by atoms with Gasteiger partial charge in [0.1, 0.15) is 0 Å². The second-order valence-corrected chi connectivity index (χ2v) is 7.60. The van der Waals surface area contributed by atoms with E-state index in [1.807, 2.05) is 12.1 Å². The van der Waals surface area contributed by atoms with Gasteiger partial charge in [0.2, 0.25) is 0 Å². The van der Waals surface area contributed by atoms with E-state index < -0.39 is 0 Å². The minimum Gasteiger partial charge on any atom is -0.316 e. The molecule has 0 amide bonds. The number of nitrogens with zero attached hydrogens (tertiary/aromatic N) is 1. The van der Waals surface area contributed by atoms with Crippen LogP contribution in [0.5, 0.6) is 0 Å². The van der Waals surface area contributed by atoms with Gasteiger partial charge in [-0.15, -0.1) is 0 Å². The van der Waals surface area contributed by atoms with Gasteiger partial charge in [-0.25, -0.2) is 0 Å². The lowest BCUT2D eigenvalue weighted by Gasteiger charge is -2.45. The van der Waals surface area contributed by atoms with Gasteiger partial charge in [0, 0.05) is 24.2 Å². The molecule has 0 spiro atoms. The second kappa shape index (κ2) is 7.13. The number of nitrogens with one attached hydrogen (secondary N) is 1. The van der Waals surface area contributed by atoms with Gasteiger partial charge in [0.25, 0.3) is 0 Å². The van der Waals surface area contributed by atoms with Gasteiger partial charge in [-0.2, -0.15) is 0 Å². The van der Waals surface area contributed by atoms with E-state index >= 15 is 0 Å². The van der Waals surface area contributed by atoms with E-state index in [-0.39, 0.29) is 0 Å². The first-order valence-corrected chi connectivity index (χ1v) is 8.41. The summed E-state index contributed by atoms with van der Waals surface area (Å²) in [6.07, 6.45) is 3.99. The summed E-state index contributed by atoms with van der Waals surface area (Å²) in [6, 6.07) is 8.76. The maximum Gasteiger partial charge on any atom is 0.0451 e. The van der Waals surface area contributed by atoms with Crippen LogP contribution >= 0.6 is 11.6 Å². The molecule has 1 fully saturated rings. The number of benzene rings is 1. The van der Waals surface area contributed by atoms with E-state index in [4.69, 9.17) is 11.6 Å². The molecule has 118 valence electrons. The summed E-state index contributed by atoms with van der Waals surface area (Å²) in [7, 11) is 4.32. The summed E-state index contributed by atoms with van der Waals surface area (Å²) < 4.78 is 0. The fourth-order valence-corrected chi connectivity index (χ4v) is 4.18. The van der Waals surface area contributed by atoms with Gasteiger partial charge < -0.3 is 10.2 Å². The summed E-state index contributed by atoms with van der Waals surface area (Å²) in [5.74, 6) is 0.714. The molecule has 0 bridgehead atoms. The van der Waals surface area contributed by atoms with E-state index in [2.05, 4.69) is 50.3 Å². The molecule has 2 atom stereocenters. The fraction of sp³-hybridized carbons (Fsp3) is 0.667. The zero-order chi connectivity index (χ0) is 15.5. The lowest BCUT2D eigenvalue weighted by molar-refractivity contribution is 0.0888. The molecule has 1 N–H and O–H groups in total. The van der Waals surface area contributed by atoms with Crippen LogP contribution in [-0.4, -0.2) is 31.6 Å². The third kappa shape index (κ3) is 4.21. The Bertz CT molecular complexity index is 458. The number of hydrogen-bond acceptors (Lipinski definition) is 2. The summed E-state index contributed by atoms with van der Waals surface area (Å²) in [5.41, 5.74) is 1.61. The average molecular weight is 309 g/mol. The number of hydrogen-bond donors (Lipinski definition) is 1. The maximum atomic E-state index is 6.27. The Labute approximate surface area is 134 Å². The van der Waals surface area contributed by atoms with Crippen molar-refractivity contribution in [3.8, 4) is 0 Å². The van der Waals surface area contributed by atoms with E-state index in [1.54, 1.807) is 0 Å². The minimum atomic E-state index is 0.392. The van der Waals surface area contributed by atoms with Crippen molar-refractivity contribution >= 4 is 11.6 Å². The van der Waals surface area contributed by atoms with Crippen molar-refractivity contribution < 1.29 is 0 Å². The lowest BCUT2D eigenvalue weighted by Crippen LogP contribution is -2.51. The topological polar surface area (TPSA) is 15.3 Å². The molecule has 0 aliphatic heterocycles. The zero-order valence-corrected chi connectivity index (χ0v) is 14.6. The predicted octanol–water partition coefficient (Wildman–Crippen LogP) is 4.19. The Hall–Kier alpha value is -0.570. The first-order valence-electron chi connectivity index (χ1n) is 8.03. The molecular formula is C18H29ClN2. The largest absolute Gasteiger partial charge is 0.316 e. The number of halogens is 1. The van der Waals surface area contributed by atoms with Crippen LogP contribution in [0.3, 0.4) is 0 Å². The standard InChI is InChI=1S/C18H29ClN2/c1-18(2)11-7-9-15(17(18)20-3)13-21(4)12-14-8-5-6-10-16(14)19/h5-6,8,10,15,17,20H,7,9,11-13H2,1-4H3. The van der Waals surface area contributed by atoms with Crippen molar-refractivity contribution in [2.24, 2.45) is 11.3 Å². The molecule has 1 aliphatic carbocycles. The first-order chi connectivity index (χ1) is 9.94. The highest BCUT2D eigenvalue weighted by Gasteiger charge is 2.38. The summed E-state index contributed by atoms with van der Waals surface area (Å²) in [4.78, 5) is 2.41. The van der Waals surface area contributed by atoms with Crippen LogP contribution in [-0.2, 0) is 6.54 Å². The summed E-state index contributed by atoms with van der Waals surface area (Å²) in [6.45, 7) is 6.84. The summed E-state index contributed by atoms with van der Waals surface area (Å²) in [5, 5.41) is 4.45. The van der Waals surface area contributed by atoms with Crippen LogP contribution in [0.1, 0.15) is 38.7 Å². The number of rotatable bonds is 5. The molecule has 2 nitrogen and oxygen atoms in total. The molecule has 3 heteroatoms. The first kappa shape index (κ1) is 16.8. The Morgan fingerprint density at radius 1 is 1.33 bits per heavy atom. The monoisotopic (exact) mass is 308 g/mol. The van der Waals surface area contributed by atoms with Gasteiger partial charge in [-0.05, 0) is 49.9 Å². The molecule has 1 aromatic rings. The molecule has 21 heavy (non-hydrogen) atoms. The van der Waals surface area contributed by atoms with Crippen molar-refractivity contribution in [3.05, 3.63) is 34.9 Å². The van der Waals surface area contributed by atoms with Crippen molar-refractivity contribution in [1.82, 2.24) is 10.2 Å². The zero-order valence-electron chi connectivity index (χ0n) is 13.8. The van der Waals surface area contributed by atoms with Crippen molar-refractivity contribution in [3.63, 3.8) is 0 Å². The molecule has 0 saturated heterocycles. The van der Waals surface area contributed by atoms with E-state index in [0.717, 1.165) is 18.1 Å². The third-order valence-electron chi connectivity index (χ3n) is 4.96. The van der Waals surface area contributed by atoms with Crippen LogP contribution in [0, 0.1) is 11.3 Å². The van der Waals surface area contributed by atoms with Crippen LogP contribution in [0.15, 0.2) is 24.3 Å². The second-order valence-electron chi connectivity index (χ2n) is 7.20. The highest BCUT2D eigenvalue weighted by molar-refractivity contribution is 6.31. The predicted molar refractivity (Wildman–Crippen MR) is 91.8 cm³/mol. The van der Waals surface area contributed by atoms with Crippen LogP contribution in [0.25, 0.3) is 0 Å². The Balaban J connectivity index is 1.98. The molecule has 1 aromatic carbocycles. The van der Waals surface area contributed by atoms with Crippen molar-refractivity contribution in [2.45, 2.75) is 45.7 Å². The molecule has 2 unspecified atom stereocenters. The molecular weight excluding hydrogens is 280 g/mol.